The van der Waals surface area contributed by atoms with Crippen molar-refractivity contribution in [3.63, 3.8) is 0 Å². The number of benzene rings is 2. The van der Waals surface area contributed by atoms with Gasteiger partial charge in [0, 0.05) is 35.0 Å². The van der Waals surface area contributed by atoms with Crippen LogP contribution in [-0.2, 0) is 5.75 Å². The third-order valence-electron chi connectivity index (χ3n) is 5.04. The minimum absolute atomic E-state index is 0.123. The smallest absolute Gasteiger partial charge is 0.255 e. The van der Waals surface area contributed by atoms with Gasteiger partial charge in [-0.1, -0.05) is 24.3 Å². The Morgan fingerprint density at radius 1 is 1.25 bits per heavy atom. The molecule has 0 radical (unpaired) electrons. The Hall–Kier alpha value is -2.31. The molecule has 6 heteroatoms. The highest BCUT2D eigenvalue weighted by atomic mass is 32.2. The van der Waals surface area contributed by atoms with E-state index >= 15 is 0 Å². The molecule has 1 saturated heterocycles. The van der Waals surface area contributed by atoms with E-state index < -0.39 is 0 Å². The van der Waals surface area contributed by atoms with Crippen LogP contribution in [0.3, 0.4) is 0 Å². The third kappa shape index (κ3) is 4.23. The van der Waals surface area contributed by atoms with Gasteiger partial charge in [0.2, 0.25) is 0 Å². The highest BCUT2D eigenvalue weighted by molar-refractivity contribution is 7.98. The number of thiazole rings is 1. The lowest BCUT2D eigenvalue weighted by molar-refractivity contribution is 0.0787. The molecule has 0 spiro atoms. The lowest BCUT2D eigenvalue weighted by Crippen LogP contribution is -2.28. The number of carbonyl (C=O) groups is 1. The Morgan fingerprint density at radius 2 is 2.07 bits per heavy atom. The first-order chi connectivity index (χ1) is 13.7. The van der Waals surface area contributed by atoms with Crippen molar-refractivity contribution in [2.75, 3.05) is 20.2 Å². The summed E-state index contributed by atoms with van der Waals surface area (Å²) >= 11 is 3.27. The average molecular weight is 411 g/mol. The molecule has 1 aliphatic rings. The monoisotopic (exact) mass is 410 g/mol. The van der Waals surface area contributed by atoms with Crippen molar-refractivity contribution in [2.45, 2.75) is 23.0 Å². The van der Waals surface area contributed by atoms with E-state index in [2.05, 4.69) is 22.5 Å². The SMILES string of the molecule is COc1ccc(C2CCN(C(=O)c3ccccc3SCc3cscn3)C2)cc1. The summed E-state index contributed by atoms with van der Waals surface area (Å²) in [4.78, 5) is 20.5. The second kappa shape index (κ2) is 8.80. The van der Waals surface area contributed by atoms with E-state index in [9.17, 15) is 4.79 Å². The van der Waals surface area contributed by atoms with Crippen LogP contribution < -0.4 is 4.74 Å². The van der Waals surface area contributed by atoms with Crippen molar-refractivity contribution < 1.29 is 9.53 Å². The van der Waals surface area contributed by atoms with Crippen molar-refractivity contribution in [1.82, 2.24) is 9.88 Å². The topological polar surface area (TPSA) is 42.4 Å². The van der Waals surface area contributed by atoms with Gasteiger partial charge in [0.25, 0.3) is 5.91 Å². The van der Waals surface area contributed by atoms with Crippen LogP contribution in [0.1, 0.15) is 34.0 Å². The quantitative estimate of drug-likeness (QED) is 0.532. The molecule has 4 rings (SSSR count). The molecule has 144 valence electrons. The molecule has 1 atom stereocenters. The maximum absolute atomic E-state index is 13.2. The molecule has 0 bridgehead atoms. The number of nitrogens with zero attached hydrogens (tertiary/aromatic N) is 2. The fourth-order valence-electron chi connectivity index (χ4n) is 3.49. The Balaban J connectivity index is 1.44. The maximum atomic E-state index is 13.2. The molecule has 1 aliphatic heterocycles. The van der Waals surface area contributed by atoms with E-state index in [1.807, 2.05) is 46.8 Å². The van der Waals surface area contributed by atoms with Gasteiger partial charge in [0.1, 0.15) is 5.75 Å². The molecule has 2 heterocycles. The molecule has 1 aromatic heterocycles. The maximum Gasteiger partial charge on any atom is 0.255 e. The number of amides is 1. The van der Waals surface area contributed by atoms with Crippen LogP contribution in [0, 0.1) is 0 Å². The largest absolute Gasteiger partial charge is 0.497 e. The summed E-state index contributed by atoms with van der Waals surface area (Å²) in [7, 11) is 1.68. The summed E-state index contributed by atoms with van der Waals surface area (Å²) in [5.41, 5.74) is 4.95. The van der Waals surface area contributed by atoms with Crippen molar-refractivity contribution >= 4 is 29.0 Å². The van der Waals surface area contributed by atoms with E-state index in [1.54, 1.807) is 30.2 Å². The number of aromatic nitrogens is 1. The summed E-state index contributed by atoms with van der Waals surface area (Å²) < 4.78 is 5.24. The molecule has 1 unspecified atom stereocenters. The van der Waals surface area contributed by atoms with Crippen LogP contribution in [0.2, 0.25) is 0 Å². The molecular weight excluding hydrogens is 388 g/mol. The average Bonchev–Trinajstić information content (AvgIpc) is 3.44. The molecule has 0 saturated carbocycles. The molecule has 1 fully saturated rings. The van der Waals surface area contributed by atoms with E-state index in [-0.39, 0.29) is 5.91 Å². The first-order valence-electron chi connectivity index (χ1n) is 9.26. The highest BCUT2D eigenvalue weighted by Crippen LogP contribution is 2.32. The molecule has 1 amide bonds. The van der Waals surface area contributed by atoms with Gasteiger partial charge in [-0.2, -0.15) is 0 Å². The predicted octanol–water partition coefficient (Wildman–Crippen LogP) is 5.07. The van der Waals surface area contributed by atoms with Crippen molar-refractivity contribution in [3.05, 3.63) is 76.2 Å². The van der Waals surface area contributed by atoms with Crippen LogP contribution in [0.15, 0.2) is 64.3 Å². The number of ether oxygens (including phenoxy) is 1. The number of likely N-dealkylation sites (tertiary alicyclic amines) is 1. The molecule has 28 heavy (non-hydrogen) atoms. The van der Waals surface area contributed by atoms with Gasteiger partial charge >= 0.3 is 0 Å². The van der Waals surface area contributed by atoms with Crippen LogP contribution in [0.4, 0.5) is 0 Å². The fourth-order valence-corrected chi connectivity index (χ4v) is 5.10. The summed E-state index contributed by atoms with van der Waals surface area (Å²) in [6.07, 6.45) is 0.992. The Labute approximate surface area is 173 Å². The van der Waals surface area contributed by atoms with Crippen LogP contribution in [0.5, 0.6) is 5.75 Å². The number of thioether (sulfide) groups is 1. The summed E-state index contributed by atoms with van der Waals surface area (Å²) in [6, 6.07) is 16.1. The lowest BCUT2D eigenvalue weighted by Gasteiger charge is -2.18. The molecular formula is C22H22N2O2S2. The zero-order valence-electron chi connectivity index (χ0n) is 15.7. The van der Waals surface area contributed by atoms with Gasteiger partial charge in [0.05, 0.1) is 23.9 Å². The first kappa shape index (κ1) is 19.0. The van der Waals surface area contributed by atoms with Crippen molar-refractivity contribution in [2.24, 2.45) is 0 Å². The number of carbonyl (C=O) groups excluding carboxylic acids is 1. The van der Waals surface area contributed by atoms with Crippen LogP contribution in [0.25, 0.3) is 0 Å². The molecule has 0 N–H and O–H groups in total. The van der Waals surface area contributed by atoms with Gasteiger partial charge < -0.3 is 9.64 Å². The molecule has 3 aromatic rings. The predicted molar refractivity (Wildman–Crippen MR) is 114 cm³/mol. The zero-order valence-corrected chi connectivity index (χ0v) is 17.3. The Morgan fingerprint density at radius 3 is 2.82 bits per heavy atom. The normalized spacial score (nSPS) is 16.3. The van der Waals surface area contributed by atoms with E-state index in [0.29, 0.717) is 5.92 Å². The molecule has 0 aliphatic carbocycles. The third-order valence-corrected chi connectivity index (χ3v) is 6.78. The summed E-state index contributed by atoms with van der Waals surface area (Å²) in [5.74, 6) is 2.14. The minimum Gasteiger partial charge on any atom is -0.497 e. The number of hydrogen-bond donors (Lipinski definition) is 0. The fraction of sp³-hybridized carbons (Fsp3) is 0.273. The van der Waals surface area contributed by atoms with Gasteiger partial charge in [0.15, 0.2) is 0 Å². The van der Waals surface area contributed by atoms with Gasteiger partial charge in [-0.15, -0.1) is 23.1 Å². The van der Waals surface area contributed by atoms with Gasteiger partial charge in [-0.25, -0.2) is 4.98 Å². The standard InChI is InChI=1S/C22H22N2O2S2/c1-26-19-8-6-16(7-9-19)17-10-11-24(12-17)22(25)20-4-2-3-5-21(20)28-14-18-13-27-15-23-18/h2-9,13,15,17H,10-12,14H2,1H3. The van der Waals surface area contributed by atoms with Crippen molar-refractivity contribution in [3.8, 4) is 5.75 Å². The number of hydrogen-bond acceptors (Lipinski definition) is 5. The first-order valence-corrected chi connectivity index (χ1v) is 11.2. The van der Waals surface area contributed by atoms with Gasteiger partial charge in [-0.3, -0.25) is 4.79 Å². The Bertz CT molecular complexity index is 926. The lowest BCUT2D eigenvalue weighted by atomic mass is 9.98. The summed E-state index contributed by atoms with van der Waals surface area (Å²) in [6.45, 7) is 1.55. The zero-order chi connectivity index (χ0) is 19.3. The molecule has 4 nitrogen and oxygen atoms in total. The summed E-state index contributed by atoms with van der Waals surface area (Å²) in [5, 5.41) is 2.05. The van der Waals surface area contributed by atoms with Gasteiger partial charge in [-0.05, 0) is 36.2 Å². The van der Waals surface area contributed by atoms with E-state index in [0.717, 1.165) is 47.2 Å². The van der Waals surface area contributed by atoms with Crippen LogP contribution >= 0.6 is 23.1 Å². The van der Waals surface area contributed by atoms with Crippen molar-refractivity contribution in [1.29, 1.82) is 0 Å². The Kier molecular flexibility index (Phi) is 5.98. The minimum atomic E-state index is 0.123. The number of methoxy groups -OCH3 is 1. The highest BCUT2D eigenvalue weighted by Gasteiger charge is 2.29. The van der Waals surface area contributed by atoms with E-state index in [1.165, 1.54) is 5.56 Å². The molecule has 2 aromatic carbocycles. The second-order valence-electron chi connectivity index (χ2n) is 6.77. The second-order valence-corrected chi connectivity index (χ2v) is 8.51. The van der Waals surface area contributed by atoms with E-state index in [4.69, 9.17) is 4.74 Å². The van der Waals surface area contributed by atoms with Crippen LogP contribution in [-0.4, -0.2) is 36.0 Å². The number of rotatable bonds is 6.